The van der Waals surface area contributed by atoms with Crippen molar-refractivity contribution in [3.63, 3.8) is 0 Å². The maximum absolute atomic E-state index is 14.3. The third-order valence-electron chi connectivity index (χ3n) is 6.73. The highest BCUT2D eigenvalue weighted by atomic mass is 19.1. The van der Waals surface area contributed by atoms with E-state index < -0.39 is 5.97 Å². The van der Waals surface area contributed by atoms with Crippen molar-refractivity contribution in [1.82, 2.24) is 4.98 Å². The fourth-order valence-corrected chi connectivity index (χ4v) is 4.78. The minimum atomic E-state index is -0.764. The number of carboxylic acids is 1. The minimum absolute atomic E-state index is 0.0380. The molecule has 2 aromatic rings. The molecule has 166 valence electrons. The number of halogens is 1. The number of carbonyl (C=O) groups is 1. The van der Waals surface area contributed by atoms with Crippen LogP contribution < -0.4 is 9.47 Å². The molecular formula is C25H30FNO4. The van der Waals surface area contributed by atoms with Gasteiger partial charge in [0.05, 0.1) is 20.1 Å². The summed E-state index contributed by atoms with van der Waals surface area (Å²) in [7, 11) is 1.60. The summed E-state index contributed by atoms with van der Waals surface area (Å²) in [4.78, 5) is 15.6. The van der Waals surface area contributed by atoms with E-state index in [1.165, 1.54) is 6.07 Å². The molecule has 2 aliphatic rings. The van der Waals surface area contributed by atoms with Crippen molar-refractivity contribution in [2.75, 3.05) is 13.7 Å². The molecule has 6 heteroatoms. The van der Waals surface area contributed by atoms with E-state index >= 15 is 0 Å². The van der Waals surface area contributed by atoms with Crippen molar-refractivity contribution >= 4 is 5.97 Å². The smallest absolute Gasteiger partial charge is 0.303 e. The van der Waals surface area contributed by atoms with Gasteiger partial charge in [-0.2, -0.15) is 0 Å². The van der Waals surface area contributed by atoms with E-state index in [2.05, 4.69) is 4.98 Å². The highest BCUT2D eigenvalue weighted by molar-refractivity contribution is 5.68. The van der Waals surface area contributed by atoms with Gasteiger partial charge in [0.2, 0.25) is 5.88 Å². The van der Waals surface area contributed by atoms with Crippen molar-refractivity contribution in [3.05, 3.63) is 53.5 Å². The minimum Gasteiger partial charge on any atom is -0.497 e. The lowest BCUT2D eigenvalue weighted by Gasteiger charge is -2.29. The molecule has 5 nitrogen and oxygen atoms in total. The first-order chi connectivity index (χ1) is 15.0. The predicted octanol–water partition coefficient (Wildman–Crippen LogP) is 5.55. The van der Waals surface area contributed by atoms with Crippen LogP contribution in [0.4, 0.5) is 4.39 Å². The van der Waals surface area contributed by atoms with E-state index in [1.807, 2.05) is 18.2 Å². The van der Waals surface area contributed by atoms with E-state index in [0.717, 1.165) is 49.7 Å². The summed E-state index contributed by atoms with van der Waals surface area (Å²) in [6, 6.07) is 8.78. The molecule has 1 atom stereocenters. The molecule has 1 aromatic carbocycles. The second kappa shape index (κ2) is 9.67. The van der Waals surface area contributed by atoms with Gasteiger partial charge in [0.15, 0.2) is 0 Å². The van der Waals surface area contributed by atoms with Crippen molar-refractivity contribution in [1.29, 1.82) is 0 Å². The van der Waals surface area contributed by atoms with Gasteiger partial charge >= 0.3 is 5.97 Å². The molecule has 0 bridgehead atoms. The molecule has 4 rings (SSSR count). The molecular weight excluding hydrogens is 397 g/mol. The first kappa shape index (κ1) is 21.6. The molecule has 2 fully saturated rings. The number of hydrogen-bond acceptors (Lipinski definition) is 4. The molecule has 2 aliphatic carbocycles. The van der Waals surface area contributed by atoms with Crippen LogP contribution in [-0.2, 0) is 4.79 Å². The number of methoxy groups -OCH3 is 1. The summed E-state index contributed by atoms with van der Waals surface area (Å²) < 4.78 is 25.5. The van der Waals surface area contributed by atoms with Crippen molar-refractivity contribution in [2.45, 2.75) is 56.8 Å². The van der Waals surface area contributed by atoms with E-state index in [-0.39, 0.29) is 24.1 Å². The summed E-state index contributed by atoms with van der Waals surface area (Å²) in [5.41, 5.74) is 1.75. The standard InChI is InChI=1S/C25H30FNO4/c1-30-20-8-9-23(26)22(13-20)18-4-2-16(3-5-18)15-31-24-12-19(10-11-27-24)21(14-25(28)29)17-6-7-17/h8-13,16-18,21H,2-7,14-15H2,1H3,(H,28,29). The summed E-state index contributed by atoms with van der Waals surface area (Å²) in [6.45, 7) is 0.580. The molecule has 1 N–H and O–H groups in total. The Morgan fingerprint density at radius 3 is 2.61 bits per heavy atom. The third kappa shape index (κ3) is 5.54. The van der Waals surface area contributed by atoms with Gasteiger partial charge in [0.25, 0.3) is 0 Å². The highest BCUT2D eigenvalue weighted by Crippen LogP contribution is 2.45. The number of ether oxygens (including phenoxy) is 2. The molecule has 1 aromatic heterocycles. The van der Waals surface area contributed by atoms with Crippen LogP contribution in [-0.4, -0.2) is 29.8 Å². The van der Waals surface area contributed by atoms with Crippen LogP contribution in [0.1, 0.15) is 67.9 Å². The summed E-state index contributed by atoms with van der Waals surface area (Å²) in [6.07, 6.45) is 7.85. The molecule has 0 amide bonds. The average molecular weight is 428 g/mol. The number of nitrogens with zero attached hydrogens (tertiary/aromatic N) is 1. The number of carboxylic acid groups (broad SMARTS) is 1. The Morgan fingerprint density at radius 1 is 1.16 bits per heavy atom. The number of pyridine rings is 1. The van der Waals surface area contributed by atoms with Gasteiger partial charge in [0.1, 0.15) is 11.6 Å². The lowest BCUT2D eigenvalue weighted by atomic mass is 9.79. The van der Waals surface area contributed by atoms with Crippen molar-refractivity contribution in [2.24, 2.45) is 11.8 Å². The van der Waals surface area contributed by atoms with Crippen LogP contribution in [0.15, 0.2) is 36.5 Å². The van der Waals surface area contributed by atoms with Gasteiger partial charge in [-0.25, -0.2) is 9.37 Å². The Bertz CT molecular complexity index is 906. The van der Waals surface area contributed by atoms with Crippen LogP contribution >= 0.6 is 0 Å². The highest BCUT2D eigenvalue weighted by Gasteiger charge is 2.34. The Balaban J connectivity index is 1.31. The van der Waals surface area contributed by atoms with Crippen LogP contribution in [0.3, 0.4) is 0 Å². The van der Waals surface area contributed by atoms with E-state index in [0.29, 0.717) is 30.1 Å². The van der Waals surface area contributed by atoms with Gasteiger partial charge < -0.3 is 14.6 Å². The van der Waals surface area contributed by atoms with Crippen LogP contribution in [0, 0.1) is 17.7 Å². The summed E-state index contributed by atoms with van der Waals surface area (Å²) >= 11 is 0. The Hall–Kier alpha value is -2.63. The first-order valence-corrected chi connectivity index (χ1v) is 11.2. The van der Waals surface area contributed by atoms with Crippen LogP contribution in [0.25, 0.3) is 0 Å². The third-order valence-corrected chi connectivity index (χ3v) is 6.73. The van der Waals surface area contributed by atoms with Gasteiger partial charge in [-0.05, 0) is 97.6 Å². The zero-order valence-electron chi connectivity index (χ0n) is 17.9. The van der Waals surface area contributed by atoms with E-state index in [1.54, 1.807) is 19.4 Å². The number of aromatic nitrogens is 1. The largest absolute Gasteiger partial charge is 0.497 e. The van der Waals surface area contributed by atoms with Crippen molar-refractivity contribution < 1.29 is 23.8 Å². The summed E-state index contributed by atoms with van der Waals surface area (Å²) in [5, 5.41) is 9.24. The molecule has 2 saturated carbocycles. The number of aliphatic carboxylic acids is 1. The molecule has 0 aliphatic heterocycles. The summed E-state index contributed by atoms with van der Waals surface area (Å²) in [5.74, 6) is 1.45. The topological polar surface area (TPSA) is 68.7 Å². The number of rotatable bonds is 9. The lowest BCUT2D eigenvalue weighted by molar-refractivity contribution is -0.137. The van der Waals surface area contributed by atoms with E-state index in [4.69, 9.17) is 9.47 Å². The monoisotopic (exact) mass is 427 g/mol. The molecule has 1 heterocycles. The first-order valence-electron chi connectivity index (χ1n) is 11.2. The zero-order valence-corrected chi connectivity index (χ0v) is 17.9. The predicted molar refractivity (Wildman–Crippen MR) is 115 cm³/mol. The molecule has 31 heavy (non-hydrogen) atoms. The average Bonchev–Trinajstić information content (AvgIpc) is 3.62. The maximum atomic E-state index is 14.3. The number of benzene rings is 1. The van der Waals surface area contributed by atoms with Gasteiger partial charge in [-0.3, -0.25) is 4.79 Å². The second-order valence-corrected chi connectivity index (χ2v) is 8.89. The van der Waals surface area contributed by atoms with Crippen LogP contribution in [0.5, 0.6) is 11.6 Å². The Kier molecular flexibility index (Phi) is 6.73. The second-order valence-electron chi connectivity index (χ2n) is 8.89. The molecule has 0 spiro atoms. The fourth-order valence-electron chi connectivity index (χ4n) is 4.78. The maximum Gasteiger partial charge on any atom is 0.303 e. The van der Waals surface area contributed by atoms with Gasteiger partial charge in [-0.1, -0.05) is 0 Å². The SMILES string of the molecule is COc1ccc(F)c(C2CCC(COc3cc(C(CC(=O)O)C4CC4)ccn3)CC2)c1. The Labute approximate surface area is 182 Å². The molecule has 1 unspecified atom stereocenters. The van der Waals surface area contributed by atoms with Crippen molar-refractivity contribution in [3.8, 4) is 11.6 Å². The fraction of sp³-hybridized carbons (Fsp3) is 0.520. The quantitative estimate of drug-likeness (QED) is 0.568. The zero-order chi connectivity index (χ0) is 21.8. The van der Waals surface area contributed by atoms with E-state index in [9.17, 15) is 14.3 Å². The molecule has 0 radical (unpaired) electrons. The lowest BCUT2D eigenvalue weighted by Crippen LogP contribution is -2.20. The van der Waals surface area contributed by atoms with Gasteiger partial charge in [-0.15, -0.1) is 0 Å². The normalized spacial score (nSPS) is 22.0. The van der Waals surface area contributed by atoms with Crippen LogP contribution in [0.2, 0.25) is 0 Å². The molecule has 0 saturated heterocycles. The Morgan fingerprint density at radius 2 is 1.94 bits per heavy atom. The number of hydrogen-bond donors (Lipinski definition) is 1. The van der Waals surface area contributed by atoms with Gasteiger partial charge in [0, 0.05) is 12.3 Å².